The monoisotopic (exact) mass is 504 g/mol. The Hall–Kier alpha value is -5.06. The molecule has 3 amide bonds. The summed E-state index contributed by atoms with van der Waals surface area (Å²) in [6.07, 6.45) is 1.38. The van der Waals surface area contributed by atoms with Crippen LogP contribution in [0.25, 0.3) is 0 Å². The van der Waals surface area contributed by atoms with Gasteiger partial charge in [-0.3, -0.25) is 14.4 Å². The Labute approximate surface area is 212 Å². The Morgan fingerprint density at radius 2 is 1.76 bits per heavy atom. The molecular weight excluding hydrogens is 480 g/mol. The molecule has 0 spiro atoms. The lowest BCUT2D eigenvalue weighted by Gasteiger charge is -2.08. The first-order valence-electron chi connectivity index (χ1n) is 11.2. The minimum atomic E-state index is -0.904. The molecule has 190 valence electrons. The van der Waals surface area contributed by atoms with Crippen molar-refractivity contribution < 1.29 is 33.3 Å². The molecule has 0 saturated heterocycles. The second-order valence-electron chi connectivity index (χ2n) is 7.71. The number of anilines is 1. The number of rotatable bonds is 9. The zero-order valence-corrected chi connectivity index (χ0v) is 19.9. The van der Waals surface area contributed by atoms with Crippen molar-refractivity contribution in [3.8, 4) is 23.0 Å². The molecule has 1 aliphatic heterocycles. The van der Waals surface area contributed by atoms with Crippen LogP contribution in [0.4, 0.5) is 5.69 Å². The lowest BCUT2D eigenvalue weighted by molar-refractivity contribution is -0.139. The maximum Gasteiger partial charge on any atom is 0.329 e. The van der Waals surface area contributed by atoms with E-state index in [0.717, 1.165) is 5.56 Å². The van der Waals surface area contributed by atoms with Gasteiger partial charge < -0.3 is 29.6 Å². The van der Waals surface area contributed by atoms with Gasteiger partial charge >= 0.3 is 11.8 Å². The van der Waals surface area contributed by atoms with Gasteiger partial charge in [0.05, 0.1) is 13.3 Å². The number of carbonyl (C=O) groups is 3. The zero-order valence-electron chi connectivity index (χ0n) is 19.9. The van der Waals surface area contributed by atoms with E-state index in [2.05, 4.69) is 21.2 Å². The Balaban J connectivity index is 1.17. The Kier molecular flexibility index (Phi) is 8.17. The first-order valence-corrected chi connectivity index (χ1v) is 11.2. The predicted molar refractivity (Wildman–Crippen MR) is 134 cm³/mol. The highest BCUT2D eigenvalue weighted by molar-refractivity contribution is 6.35. The van der Waals surface area contributed by atoms with Gasteiger partial charge in [-0.2, -0.15) is 5.10 Å². The van der Waals surface area contributed by atoms with Gasteiger partial charge in [0, 0.05) is 18.3 Å². The number of benzene rings is 3. The molecule has 0 saturated carbocycles. The number of carbonyl (C=O) groups excluding carboxylic acids is 3. The van der Waals surface area contributed by atoms with Gasteiger partial charge in [0.2, 0.25) is 6.79 Å². The summed E-state index contributed by atoms with van der Waals surface area (Å²) in [7, 11) is 1.55. The van der Waals surface area contributed by atoms with E-state index in [9.17, 15) is 14.4 Å². The highest BCUT2D eigenvalue weighted by Crippen LogP contribution is 2.32. The number of ether oxygens (including phenoxy) is 4. The Morgan fingerprint density at radius 1 is 0.946 bits per heavy atom. The molecule has 11 nitrogen and oxygen atoms in total. The van der Waals surface area contributed by atoms with Crippen LogP contribution in [0.1, 0.15) is 11.1 Å². The van der Waals surface area contributed by atoms with Crippen molar-refractivity contribution in [2.24, 2.45) is 5.10 Å². The molecule has 0 atom stereocenters. The number of nitrogens with zero attached hydrogens (tertiary/aromatic N) is 1. The number of hydrazone groups is 1. The summed E-state index contributed by atoms with van der Waals surface area (Å²) in [4.78, 5) is 36.1. The summed E-state index contributed by atoms with van der Waals surface area (Å²) in [5, 5.41) is 9.03. The average molecular weight is 504 g/mol. The SMILES string of the molecule is COc1cccc(NC(=O)COc2ccc(/C=N\NC(=O)C(=O)NCc3ccc4c(c3)OCO4)cc2)c1. The zero-order chi connectivity index (χ0) is 26.0. The van der Waals surface area contributed by atoms with E-state index in [1.54, 1.807) is 73.8 Å². The van der Waals surface area contributed by atoms with Crippen LogP contribution >= 0.6 is 0 Å². The average Bonchev–Trinajstić information content (AvgIpc) is 3.39. The normalized spacial score (nSPS) is 11.6. The van der Waals surface area contributed by atoms with Crippen molar-refractivity contribution >= 4 is 29.6 Å². The molecule has 3 aromatic carbocycles. The van der Waals surface area contributed by atoms with Crippen LogP contribution in [0.3, 0.4) is 0 Å². The fourth-order valence-electron chi connectivity index (χ4n) is 3.23. The van der Waals surface area contributed by atoms with E-state index >= 15 is 0 Å². The van der Waals surface area contributed by atoms with Crippen molar-refractivity contribution in [2.75, 3.05) is 25.8 Å². The standard InChI is InChI=1S/C26H24N4O7/c1-34-21-4-2-3-19(12-21)29-24(31)15-35-20-8-5-17(6-9-20)14-28-30-26(33)25(32)27-13-18-7-10-22-23(11-18)37-16-36-22/h2-12,14H,13,15-16H2,1H3,(H,27,32)(H,29,31)(H,30,33)/b28-14-. The first-order chi connectivity index (χ1) is 18.0. The van der Waals surface area contributed by atoms with Crippen LogP contribution in [-0.4, -0.2) is 44.4 Å². The fourth-order valence-corrected chi connectivity index (χ4v) is 3.23. The van der Waals surface area contributed by atoms with Gasteiger partial charge in [-0.1, -0.05) is 12.1 Å². The van der Waals surface area contributed by atoms with Crippen molar-refractivity contribution in [1.29, 1.82) is 0 Å². The van der Waals surface area contributed by atoms with Crippen LogP contribution in [0.2, 0.25) is 0 Å². The predicted octanol–water partition coefficient (Wildman–Crippen LogP) is 2.21. The molecule has 0 radical (unpaired) electrons. The molecule has 4 rings (SSSR count). The van der Waals surface area contributed by atoms with Crippen molar-refractivity contribution in [3.05, 3.63) is 77.9 Å². The molecule has 0 fully saturated rings. The Bertz CT molecular complexity index is 1310. The second kappa shape index (κ2) is 12.1. The molecule has 1 heterocycles. The third-order valence-corrected chi connectivity index (χ3v) is 5.08. The number of hydrogen-bond acceptors (Lipinski definition) is 8. The lowest BCUT2D eigenvalue weighted by atomic mass is 10.2. The number of nitrogens with one attached hydrogen (secondary N) is 3. The Morgan fingerprint density at radius 3 is 2.57 bits per heavy atom. The van der Waals surface area contributed by atoms with E-state index in [4.69, 9.17) is 18.9 Å². The summed E-state index contributed by atoms with van der Waals surface area (Å²) >= 11 is 0. The van der Waals surface area contributed by atoms with E-state index in [1.807, 2.05) is 0 Å². The second-order valence-corrected chi connectivity index (χ2v) is 7.71. The van der Waals surface area contributed by atoms with Gasteiger partial charge in [-0.25, -0.2) is 5.43 Å². The summed E-state index contributed by atoms with van der Waals surface area (Å²) in [5.74, 6) is 0.285. The summed E-state index contributed by atoms with van der Waals surface area (Å²) in [6.45, 7) is 0.122. The largest absolute Gasteiger partial charge is 0.497 e. The van der Waals surface area contributed by atoms with Crippen LogP contribution in [0.15, 0.2) is 71.8 Å². The van der Waals surface area contributed by atoms with Gasteiger partial charge in [0.15, 0.2) is 18.1 Å². The van der Waals surface area contributed by atoms with E-state index < -0.39 is 11.8 Å². The van der Waals surface area contributed by atoms with Crippen molar-refractivity contribution in [3.63, 3.8) is 0 Å². The number of fused-ring (bicyclic) bond motifs is 1. The maximum absolute atomic E-state index is 12.1. The molecular formula is C26H24N4O7. The lowest BCUT2D eigenvalue weighted by Crippen LogP contribution is -2.37. The molecule has 1 aliphatic rings. The minimum Gasteiger partial charge on any atom is -0.497 e. The van der Waals surface area contributed by atoms with Crippen LogP contribution in [0, 0.1) is 0 Å². The van der Waals surface area contributed by atoms with Gasteiger partial charge in [0.25, 0.3) is 5.91 Å². The third-order valence-electron chi connectivity index (χ3n) is 5.08. The minimum absolute atomic E-state index is 0.144. The summed E-state index contributed by atoms with van der Waals surface area (Å²) in [6, 6.07) is 18.9. The summed E-state index contributed by atoms with van der Waals surface area (Å²) in [5.41, 5.74) is 4.18. The third kappa shape index (κ3) is 7.21. The smallest absolute Gasteiger partial charge is 0.329 e. The van der Waals surface area contributed by atoms with Crippen LogP contribution < -0.4 is 35.0 Å². The molecule has 11 heteroatoms. The molecule has 3 N–H and O–H groups in total. The summed E-state index contributed by atoms with van der Waals surface area (Å²) < 4.78 is 21.1. The molecule has 3 aromatic rings. The van der Waals surface area contributed by atoms with E-state index in [-0.39, 0.29) is 25.9 Å². The van der Waals surface area contributed by atoms with Crippen LogP contribution in [0.5, 0.6) is 23.0 Å². The van der Waals surface area contributed by atoms with Gasteiger partial charge in [0.1, 0.15) is 11.5 Å². The van der Waals surface area contributed by atoms with Crippen molar-refractivity contribution in [1.82, 2.24) is 10.7 Å². The molecule has 37 heavy (non-hydrogen) atoms. The van der Waals surface area contributed by atoms with Gasteiger partial charge in [-0.05, 0) is 59.7 Å². The highest BCUT2D eigenvalue weighted by Gasteiger charge is 2.15. The molecule has 0 unspecified atom stereocenters. The highest BCUT2D eigenvalue weighted by atomic mass is 16.7. The molecule has 0 bridgehead atoms. The number of amides is 3. The fraction of sp³-hybridized carbons (Fsp3) is 0.154. The maximum atomic E-state index is 12.1. The molecule has 0 aromatic heterocycles. The van der Waals surface area contributed by atoms with E-state index in [0.29, 0.717) is 34.2 Å². The van der Waals surface area contributed by atoms with Crippen LogP contribution in [-0.2, 0) is 20.9 Å². The van der Waals surface area contributed by atoms with E-state index in [1.165, 1.54) is 6.21 Å². The van der Waals surface area contributed by atoms with Crippen molar-refractivity contribution in [2.45, 2.75) is 6.54 Å². The number of hydrogen-bond donors (Lipinski definition) is 3. The number of methoxy groups -OCH3 is 1. The quantitative estimate of drug-likeness (QED) is 0.231. The van der Waals surface area contributed by atoms with Gasteiger partial charge in [-0.15, -0.1) is 0 Å². The topological polar surface area (TPSA) is 137 Å². The molecule has 0 aliphatic carbocycles. The first kappa shape index (κ1) is 25.0.